The van der Waals surface area contributed by atoms with Crippen LogP contribution in [0.3, 0.4) is 0 Å². The van der Waals surface area contributed by atoms with Crippen LogP contribution in [0.5, 0.6) is 0 Å². The summed E-state index contributed by atoms with van der Waals surface area (Å²) in [5.74, 6) is -0.338. The lowest BCUT2D eigenvalue weighted by Crippen LogP contribution is -2.36. The molecule has 1 aromatic carbocycles. The van der Waals surface area contributed by atoms with Gasteiger partial charge in [0, 0.05) is 5.56 Å². The van der Waals surface area contributed by atoms with E-state index in [9.17, 15) is 4.79 Å². The molecule has 1 aromatic rings. The Balaban J connectivity index is 2.90. The summed E-state index contributed by atoms with van der Waals surface area (Å²) in [5.41, 5.74) is 6.14. The number of aliphatic hydroxyl groups excluding tert-OH is 1. The van der Waals surface area contributed by atoms with Gasteiger partial charge in [-0.25, -0.2) is 0 Å². The van der Waals surface area contributed by atoms with Gasteiger partial charge in [0.1, 0.15) is 0 Å². The first kappa shape index (κ1) is 14.1. The zero-order chi connectivity index (χ0) is 13.0. The van der Waals surface area contributed by atoms with Crippen LogP contribution in [0, 0.1) is 0 Å². The van der Waals surface area contributed by atoms with Crippen LogP contribution in [0.4, 0.5) is 5.69 Å². The second-order valence-corrected chi connectivity index (χ2v) is 4.43. The largest absolute Gasteiger partial charge is 0.396 e. The molecule has 0 aliphatic carbocycles. The third kappa shape index (κ3) is 3.49. The molecule has 1 rings (SSSR count). The normalized spacial score (nSPS) is 12.2. The van der Waals surface area contributed by atoms with Crippen LogP contribution in [0.25, 0.3) is 0 Å². The smallest absolute Gasteiger partial charge is 0.251 e. The van der Waals surface area contributed by atoms with Crippen molar-refractivity contribution in [1.82, 2.24) is 5.32 Å². The van der Waals surface area contributed by atoms with Crippen molar-refractivity contribution >= 4 is 34.8 Å². The molecule has 0 unspecified atom stereocenters. The topological polar surface area (TPSA) is 75.3 Å². The molecular formula is C11H14Cl2N2O2. The molecule has 17 heavy (non-hydrogen) atoms. The molecule has 6 heteroatoms. The number of rotatable bonds is 4. The SMILES string of the molecule is CC[C@H](CO)NC(=O)c1cc(Cl)c(N)c(Cl)c1. The number of benzene rings is 1. The first-order valence-electron chi connectivity index (χ1n) is 5.15. The number of anilines is 1. The highest BCUT2D eigenvalue weighted by atomic mass is 35.5. The lowest BCUT2D eigenvalue weighted by Gasteiger charge is -2.14. The maximum atomic E-state index is 11.8. The predicted molar refractivity (Wildman–Crippen MR) is 69.5 cm³/mol. The summed E-state index contributed by atoms with van der Waals surface area (Å²) in [4.78, 5) is 11.8. The maximum absolute atomic E-state index is 11.8. The molecule has 0 bridgehead atoms. The minimum absolute atomic E-state index is 0.112. The molecule has 0 saturated heterocycles. The van der Waals surface area contributed by atoms with Crippen molar-refractivity contribution in [2.24, 2.45) is 0 Å². The quantitative estimate of drug-likeness (QED) is 0.737. The number of hydrogen-bond acceptors (Lipinski definition) is 3. The number of nitrogens with two attached hydrogens (primary N) is 1. The van der Waals surface area contributed by atoms with E-state index < -0.39 is 0 Å². The summed E-state index contributed by atoms with van der Waals surface area (Å²) in [6.07, 6.45) is 0.638. The van der Waals surface area contributed by atoms with E-state index in [4.69, 9.17) is 34.0 Å². The van der Waals surface area contributed by atoms with Crippen LogP contribution in [-0.2, 0) is 0 Å². The van der Waals surface area contributed by atoms with Gasteiger partial charge in [0.05, 0.1) is 28.4 Å². The molecule has 0 saturated carbocycles. The van der Waals surface area contributed by atoms with Gasteiger partial charge in [0.25, 0.3) is 5.91 Å². The van der Waals surface area contributed by atoms with Gasteiger partial charge in [-0.1, -0.05) is 30.1 Å². The molecule has 1 amide bonds. The first-order valence-corrected chi connectivity index (χ1v) is 5.91. The van der Waals surface area contributed by atoms with Gasteiger partial charge < -0.3 is 16.2 Å². The van der Waals surface area contributed by atoms with Crippen LogP contribution >= 0.6 is 23.2 Å². The Morgan fingerprint density at radius 3 is 2.41 bits per heavy atom. The van der Waals surface area contributed by atoms with Crippen molar-refractivity contribution in [3.63, 3.8) is 0 Å². The monoisotopic (exact) mass is 276 g/mol. The molecule has 0 radical (unpaired) electrons. The number of carbonyl (C=O) groups is 1. The number of hydrogen-bond donors (Lipinski definition) is 3. The third-order valence-corrected chi connectivity index (χ3v) is 3.02. The lowest BCUT2D eigenvalue weighted by molar-refractivity contribution is 0.0915. The van der Waals surface area contributed by atoms with E-state index in [2.05, 4.69) is 5.32 Å². The summed E-state index contributed by atoms with van der Waals surface area (Å²) in [6, 6.07) is 2.61. The predicted octanol–water partition coefficient (Wildman–Crippen LogP) is 2.08. The van der Waals surface area contributed by atoms with Crippen LogP contribution in [0.2, 0.25) is 10.0 Å². The fourth-order valence-corrected chi connectivity index (χ4v) is 1.75. The van der Waals surface area contributed by atoms with E-state index in [-0.39, 0.29) is 34.3 Å². The van der Waals surface area contributed by atoms with Crippen molar-refractivity contribution in [1.29, 1.82) is 0 Å². The van der Waals surface area contributed by atoms with Gasteiger partial charge in [-0.2, -0.15) is 0 Å². The van der Waals surface area contributed by atoms with E-state index in [1.807, 2.05) is 6.92 Å². The number of nitrogen functional groups attached to an aromatic ring is 1. The molecule has 0 heterocycles. The fraction of sp³-hybridized carbons (Fsp3) is 0.364. The van der Waals surface area contributed by atoms with E-state index in [0.29, 0.717) is 12.0 Å². The van der Waals surface area contributed by atoms with Gasteiger partial charge in [0.2, 0.25) is 0 Å². The van der Waals surface area contributed by atoms with Crippen LogP contribution < -0.4 is 11.1 Å². The molecule has 0 spiro atoms. The van der Waals surface area contributed by atoms with Crippen molar-refractivity contribution in [3.8, 4) is 0 Å². The maximum Gasteiger partial charge on any atom is 0.251 e. The average molecular weight is 277 g/mol. The van der Waals surface area contributed by atoms with Gasteiger partial charge in [-0.15, -0.1) is 0 Å². The molecule has 0 aliphatic heterocycles. The molecule has 4 nitrogen and oxygen atoms in total. The van der Waals surface area contributed by atoms with Gasteiger partial charge in [0.15, 0.2) is 0 Å². The minimum Gasteiger partial charge on any atom is -0.396 e. The Morgan fingerprint density at radius 2 is 2.00 bits per heavy atom. The number of nitrogens with one attached hydrogen (secondary N) is 1. The van der Waals surface area contributed by atoms with Gasteiger partial charge in [-0.3, -0.25) is 4.79 Å². The zero-order valence-electron chi connectivity index (χ0n) is 9.34. The number of carbonyl (C=O) groups excluding carboxylic acids is 1. The van der Waals surface area contributed by atoms with Crippen LogP contribution in [-0.4, -0.2) is 23.7 Å². The van der Waals surface area contributed by atoms with Crippen molar-refractivity contribution < 1.29 is 9.90 Å². The Hall–Kier alpha value is -0.970. The highest BCUT2D eigenvalue weighted by molar-refractivity contribution is 6.39. The average Bonchev–Trinajstić information content (AvgIpc) is 2.31. The summed E-state index contributed by atoms with van der Waals surface area (Å²) in [7, 11) is 0. The number of amides is 1. The minimum atomic E-state index is -0.338. The van der Waals surface area contributed by atoms with Crippen molar-refractivity contribution in [2.45, 2.75) is 19.4 Å². The lowest BCUT2D eigenvalue weighted by atomic mass is 10.1. The molecule has 94 valence electrons. The molecule has 0 aromatic heterocycles. The van der Waals surface area contributed by atoms with Crippen LogP contribution in [0.1, 0.15) is 23.7 Å². The fourth-order valence-electron chi connectivity index (χ4n) is 1.26. The summed E-state index contributed by atoms with van der Waals surface area (Å²) in [5, 5.41) is 12.1. The van der Waals surface area contributed by atoms with E-state index in [1.165, 1.54) is 12.1 Å². The van der Waals surface area contributed by atoms with E-state index in [1.54, 1.807) is 0 Å². The number of halogens is 2. The second-order valence-electron chi connectivity index (χ2n) is 3.61. The zero-order valence-corrected chi connectivity index (χ0v) is 10.8. The number of aliphatic hydroxyl groups is 1. The Bertz CT molecular complexity index is 397. The second kappa shape index (κ2) is 6.10. The Labute approximate surface area is 110 Å². The van der Waals surface area contributed by atoms with Crippen molar-refractivity contribution in [2.75, 3.05) is 12.3 Å². The third-order valence-electron chi connectivity index (χ3n) is 2.39. The molecule has 4 N–H and O–H groups in total. The molecular weight excluding hydrogens is 263 g/mol. The standard InChI is InChI=1S/C11H14Cl2N2O2/c1-2-7(5-16)15-11(17)6-3-8(12)10(14)9(13)4-6/h3-4,7,16H,2,5,14H2,1H3,(H,15,17)/t7-/m1/s1. The summed E-state index contributed by atoms with van der Waals surface area (Å²) >= 11 is 11.7. The highest BCUT2D eigenvalue weighted by Crippen LogP contribution is 2.28. The van der Waals surface area contributed by atoms with Crippen molar-refractivity contribution in [3.05, 3.63) is 27.7 Å². The molecule has 0 aliphatic rings. The highest BCUT2D eigenvalue weighted by Gasteiger charge is 2.14. The van der Waals surface area contributed by atoms with Gasteiger partial charge in [-0.05, 0) is 18.6 Å². The molecule has 0 fully saturated rings. The van der Waals surface area contributed by atoms with E-state index in [0.717, 1.165) is 0 Å². The Kier molecular flexibility index (Phi) is 5.05. The van der Waals surface area contributed by atoms with Crippen LogP contribution in [0.15, 0.2) is 12.1 Å². The van der Waals surface area contributed by atoms with E-state index >= 15 is 0 Å². The molecule has 1 atom stereocenters. The summed E-state index contributed by atoms with van der Waals surface area (Å²) in [6.45, 7) is 1.75. The van der Waals surface area contributed by atoms with Gasteiger partial charge >= 0.3 is 0 Å². The Morgan fingerprint density at radius 1 is 1.47 bits per heavy atom. The first-order chi connectivity index (χ1) is 7.99. The summed E-state index contributed by atoms with van der Waals surface area (Å²) < 4.78 is 0.